The van der Waals surface area contributed by atoms with Gasteiger partial charge in [0, 0.05) is 6.54 Å². The molecule has 0 radical (unpaired) electrons. The Hall–Kier alpha value is -2.29. The third-order valence-electron chi connectivity index (χ3n) is 3.40. The van der Waals surface area contributed by atoms with Crippen LogP contribution < -0.4 is 4.74 Å². The third kappa shape index (κ3) is 5.12. The minimum Gasteiger partial charge on any atom is -0.479 e. The van der Waals surface area contributed by atoms with E-state index in [0.29, 0.717) is 5.56 Å². The van der Waals surface area contributed by atoms with Crippen LogP contribution in [0.5, 0.6) is 5.75 Å². The lowest BCUT2D eigenvalue weighted by Gasteiger charge is -2.35. The fourth-order valence-electron chi connectivity index (χ4n) is 2.39. The van der Waals surface area contributed by atoms with Gasteiger partial charge < -0.3 is 19.5 Å². The van der Waals surface area contributed by atoms with Gasteiger partial charge in [-0.15, -0.1) is 13.2 Å². The Morgan fingerprint density at radius 1 is 1.29 bits per heavy atom. The van der Waals surface area contributed by atoms with E-state index < -0.39 is 24.5 Å². The first-order valence-electron chi connectivity index (χ1n) is 7.15. The minimum absolute atomic E-state index is 0.0502. The van der Waals surface area contributed by atoms with Crippen LogP contribution in [0.25, 0.3) is 0 Å². The summed E-state index contributed by atoms with van der Waals surface area (Å²) in [5.74, 6) is -1.83. The van der Waals surface area contributed by atoms with Gasteiger partial charge >= 0.3 is 12.3 Å². The number of rotatable bonds is 4. The Labute approximate surface area is 135 Å². The van der Waals surface area contributed by atoms with E-state index in [1.165, 1.54) is 17.0 Å². The summed E-state index contributed by atoms with van der Waals surface area (Å²) in [6.45, 7) is 1.87. The molecule has 0 saturated carbocycles. The van der Waals surface area contributed by atoms with E-state index in [1.54, 1.807) is 6.92 Å². The van der Waals surface area contributed by atoms with E-state index in [4.69, 9.17) is 9.84 Å². The zero-order valence-electron chi connectivity index (χ0n) is 12.7. The number of morpholine rings is 1. The van der Waals surface area contributed by atoms with Crippen LogP contribution in [0.1, 0.15) is 12.5 Å². The number of carboxylic acids is 1. The van der Waals surface area contributed by atoms with Crippen LogP contribution in [-0.4, -0.2) is 53.5 Å². The van der Waals surface area contributed by atoms with Gasteiger partial charge in [-0.05, 0) is 24.6 Å². The van der Waals surface area contributed by atoms with Crippen molar-refractivity contribution in [3.05, 3.63) is 29.8 Å². The van der Waals surface area contributed by atoms with Crippen LogP contribution in [0.4, 0.5) is 13.2 Å². The average molecular weight is 347 g/mol. The largest absolute Gasteiger partial charge is 0.573 e. The molecule has 0 spiro atoms. The second-order valence-electron chi connectivity index (χ2n) is 5.44. The molecular formula is C15H16F3NO5. The van der Waals surface area contributed by atoms with Crippen molar-refractivity contribution in [2.75, 3.05) is 13.1 Å². The maximum Gasteiger partial charge on any atom is 0.573 e. The van der Waals surface area contributed by atoms with Gasteiger partial charge in [0.1, 0.15) is 5.75 Å². The second-order valence-corrected chi connectivity index (χ2v) is 5.44. The van der Waals surface area contributed by atoms with Crippen molar-refractivity contribution in [3.8, 4) is 5.75 Å². The smallest absolute Gasteiger partial charge is 0.479 e. The van der Waals surface area contributed by atoms with Crippen molar-refractivity contribution in [3.63, 3.8) is 0 Å². The molecule has 132 valence electrons. The molecule has 1 heterocycles. The van der Waals surface area contributed by atoms with Gasteiger partial charge in [0.25, 0.3) is 0 Å². The van der Waals surface area contributed by atoms with Gasteiger partial charge in [0.15, 0.2) is 6.10 Å². The number of halogens is 3. The molecule has 1 aliphatic heterocycles. The van der Waals surface area contributed by atoms with E-state index in [-0.39, 0.29) is 31.2 Å². The molecule has 1 aliphatic rings. The lowest BCUT2D eigenvalue weighted by atomic mass is 10.1. The first-order chi connectivity index (χ1) is 11.1. The molecule has 24 heavy (non-hydrogen) atoms. The Morgan fingerprint density at radius 3 is 2.46 bits per heavy atom. The van der Waals surface area contributed by atoms with Crippen molar-refractivity contribution < 1.29 is 37.3 Å². The van der Waals surface area contributed by atoms with E-state index in [9.17, 15) is 22.8 Å². The van der Waals surface area contributed by atoms with Crippen LogP contribution >= 0.6 is 0 Å². The summed E-state index contributed by atoms with van der Waals surface area (Å²) in [5, 5.41) is 9.00. The van der Waals surface area contributed by atoms with Gasteiger partial charge in [-0.1, -0.05) is 12.1 Å². The van der Waals surface area contributed by atoms with Crippen LogP contribution in [0.15, 0.2) is 24.3 Å². The molecular weight excluding hydrogens is 331 g/mol. The second kappa shape index (κ2) is 7.08. The number of carboxylic acid groups (broad SMARTS) is 1. The summed E-state index contributed by atoms with van der Waals surface area (Å²) >= 11 is 0. The van der Waals surface area contributed by atoms with E-state index in [2.05, 4.69) is 4.74 Å². The van der Waals surface area contributed by atoms with Crippen LogP contribution in [-0.2, 0) is 20.7 Å². The number of hydrogen-bond acceptors (Lipinski definition) is 4. The van der Waals surface area contributed by atoms with Crippen LogP contribution in [0, 0.1) is 0 Å². The molecule has 1 saturated heterocycles. The van der Waals surface area contributed by atoms with Crippen LogP contribution in [0.2, 0.25) is 0 Å². The zero-order chi connectivity index (χ0) is 17.9. The number of carbonyl (C=O) groups excluding carboxylic acids is 1. The van der Waals surface area contributed by atoms with E-state index in [1.807, 2.05) is 0 Å². The van der Waals surface area contributed by atoms with Gasteiger partial charge in [-0.3, -0.25) is 4.79 Å². The average Bonchev–Trinajstić information content (AvgIpc) is 2.47. The molecule has 1 unspecified atom stereocenters. The summed E-state index contributed by atoms with van der Waals surface area (Å²) in [6, 6.07) is 4.96. The number of carbonyl (C=O) groups is 2. The highest BCUT2D eigenvalue weighted by Gasteiger charge is 2.33. The molecule has 6 nitrogen and oxygen atoms in total. The van der Waals surface area contributed by atoms with E-state index >= 15 is 0 Å². The number of ether oxygens (including phenoxy) is 2. The topological polar surface area (TPSA) is 76.1 Å². The predicted octanol–water partition coefficient (Wildman–Crippen LogP) is 1.83. The molecule has 0 bridgehead atoms. The fraction of sp³-hybridized carbons (Fsp3) is 0.467. The summed E-state index contributed by atoms with van der Waals surface area (Å²) < 4.78 is 45.3. The molecule has 1 fully saturated rings. The zero-order valence-corrected chi connectivity index (χ0v) is 12.7. The number of aliphatic carboxylic acids is 1. The molecule has 9 heteroatoms. The number of hydrogen-bond donors (Lipinski definition) is 1. The molecule has 1 amide bonds. The number of alkyl halides is 3. The van der Waals surface area contributed by atoms with Gasteiger partial charge in [0.2, 0.25) is 5.91 Å². The van der Waals surface area contributed by atoms with Gasteiger partial charge in [-0.2, -0.15) is 0 Å². The Morgan fingerprint density at radius 2 is 1.92 bits per heavy atom. The maximum atomic E-state index is 12.3. The molecule has 2 atom stereocenters. The Kier molecular flexibility index (Phi) is 5.33. The van der Waals surface area contributed by atoms with Crippen molar-refractivity contribution in [2.24, 2.45) is 0 Å². The fourth-order valence-corrected chi connectivity index (χ4v) is 2.39. The molecule has 0 aromatic heterocycles. The van der Waals surface area contributed by atoms with Crippen molar-refractivity contribution in [1.82, 2.24) is 4.90 Å². The summed E-state index contributed by atoms with van der Waals surface area (Å²) in [4.78, 5) is 24.7. The monoisotopic (exact) mass is 347 g/mol. The normalized spacial score (nSPS) is 21.4. The summed E-state index contributed by atoms with van der Waals surface area (Å²) in [6.07, 6.45) is -6.31. The molecule has 2 rings (SSSR count). The van der Waals surface area contributed by atoms with Crippen molar-refractivity contribution in [1.29, 1.82) is 0 Å². The summed E-state index contributed by atoms with van der Waals surface area (Å²) in [7, 11) is 0. The van der Waals surface area contributed by atoms with Gasteiger partial charge in [0.05, 0.1) is 19.1 Å². The Bertz CT molecular complexity index is 602. The lowest BCUT2D eigenvalue weighted by molar-refractivity contribution is -0.274. The standard InChI is InChI=1S/C15H16F3NO5/c1-9-7-19(8-12(23-9)14(21)22)13(20)6-10-2-4-11(5-3-10)24-15(16,17)18/h2-5,9,12H,6-8H2,1H3,(H,21,22)/t9-,12?/m1/s1. The first kappa shape index (κ1) is 18.1. The highest BCUT2D eigenvalue weighted by atomic mass is 19.4. The highest BCUT2D eigenvalue weighted by molar-refractivity contribution is 5.80. The van der Waals surface area contributed by atoms with Gasteiger partial charge in [-0.25, -0.2) is 4.79 Å². The number of nitrogens with zero attached hydrogens (tertiary/aromatic N) is 1. The van der Waals surface area contributed by atoms with E-state index in [0.717, 1.165) is 12.1 Å². The molecule has 1 aromatic carbocycles. The minimum atomic E-state index is -4.77. The van der Waals surface area contributed by atoms with Crippen molar-refractivity contribution >= 4 is 11.9 Å². The highest BCUT2D eigenvalue weighted by Crippen LogP contribution is 2.23. The first-order valence-corrected chi connectivity index (χ1v) is 7.15. The SMILES string of the molecule is C[C@@H]1CN(C(=O)Cc2ccc(OC(F)(F)F)cc2)CC(C(=O)O)O1. The van der Waals surface area contributed by atoms with Crippen molar-refractivity contribution in [2.45, 2.75) is 31.9 Å². The third-order valence-corrected chi connectivity index (χ3v) is 3.40. The molecule has 1 N–H and O–H groups in total. The molecule has 1 aromatic rings. The quantitative estimate of drug-likeness (QED) is 0.899. The number of benzene rings is 1. The summed E-state index contributed by atoms with van der Waals surface area (Å²) in [5.41, 5.74) is 0.501. The number of amides is 1. The predicted molar refractivity (Wildman–Crippen MR) is 75.4 cm³/mol. The molecule has 0 aliphatic carbocycles. The lowest BCUT2D eigenvalue weighted by Crippen LogP contribution is -2.52. The Balaban J connectivity index is 1.97. The van der Waals surface area contributed by atoms with Crippen LogP contribution in [0.3, 0.4) is 0 Å². The maximum absolute atomic E-state index is 12.3.